The normalized spacial score (nSPS) is 13.6. The van der Waals surface area contributed by atoms with Crippen molar-refractivity contribution in [1.82, 2.24) is 5.32 Å². The highest BCUT2D eigenvalue weighted by molar-refractivity contribution is 5.35. The Morgan fingerprint density at radius 2 is 1.61 bits per heavy atom. The van der Waals surface area contributed by atoms with Crippen molar-refractivity contribution in [3.63, 3.8) is 0 Å². The lowest BCUT2D eigenvalue weighted by molar-refractivity contribution is 0.275. The van der Waals surface area contributed by atoms with Crippen LogP contribution < -0.4 is 10.1 Å². The van der Waals surface area contributed by atoms with E-state index in [0.717, 1.165) is 29.7 Å². The highest BCUT2D eigenvalue weighted by Gasteiger charge is 2.16. The molecule has 0 spiro atoms. The second-order valence-corrected chi connectivity index (χ2v) is 5.69. The molecule has 2 unspecified atom stereocenters. The largest absolute Gasteiger partial charge is 0.497 e. The van der Waals surface area contributed by atoms with Crippen LogP contribution in [-0.4, -0.2) is 24.9 Å². The van der Waals surface area contributed by atoms with Crippen LogP contribution in [0.2, 0.25) is 0 Å². The van der Waals surface area contributed by atoms with Gasteiger partial charge in [-0.05, 0) is 55.2 Å². The lowest BCUT2D eigenvalue weighted by Crippen LogP contribution is -2.31. The molecular formula is C19H24FNO2. The van der Waals surface area contributed by atoms with Gasteiger partial charge in [-0.15, -0.1) is 0 Å². The van der Waals surface area contributed by atoms with Gasteiger partial charge in [-0.1, -0.05) is 24.3 Å². The highest BCUT2D eigenvalue weighted by Crippen LogP contribution is 2.25. The van der Waals surface area contributed by atoms with E-state index in [2.05, 4.69) is 12.2 Å². The maximum Gasteiger partial charge on any atom is 0.123 e. The molecule has 0 aliphatic rings. The number of halogens is 1. The first kappa shape index (κ1) is 17.4. The summed E-state index contributed by atoms with van der Waals surface area (Å²) >= 11 is 0. The van der Waals surface area contributed by atoms with Gasteiger partial charge in [0.05, 0.1) is 13.2 Å². The fraction of sp³-hybridized carbons (Fsp3) is 0.368. The SMILES string of the molecule is COc1ccc(C(NC(C)CCCO)c2ccc(F)cc2)cc1. The van der Waals surface area contributed by atoms with Crippen molar-refractivity contribution in [2.24, 2.45) is 0 Å². The average Bonchev–Trinajstić information content (AvgIpc) is 2.59. The Bertz CT molecular complexity index is 583. The van der Waals surface area contributed by atoms with E-state index in [1.54, 1.807) is 19.2 Å². The van der Waals surface area contributed by atoms with Gasteiger partial charge in [-0.3, -0.25) is 0 Å². The van der Waals surface area contributed by atoms with Crippen LogP contribution in [0.5, 0.6) is 5.75 Å². The number of hydrogen-bond acceptors (Lipinski definition) is 3. The molecule has 3 nitrogen and oxygen atoms in total. The molecule has 0 aliphatic carbocycles. The van der Waals surface area contributed by atoms with Crippen molar-refractivity contribution in [2.45, 2.75) is 31.8 Å². The molecule has 2 rings (SSSR count). The Kier molecular flexibility index (Phi) is 6.56. The van der Waals surface area contributed by atoms with Crippen LogP contribution in [0.4, 0.5) is 4.39 Å². The maximum atomic E-state index is 13.2. The number of methoxy groups -OCH3 is 1. The van der Waals surface area contributed by atoms with Gasteiger partial charge in [-0.2, -0.15) is 0 Å². The molecule has 2 aromatic carbocycles. The summed E-state index contributed by atoms with van der Waals surface area (Å²) in [6, 6.07) is 14.6. The summed E-state index contributed by atoms with van der Waals surface area (Å²) in [4.78, 5) is 0. The van der Waals surface area contributed by atoms with Crippen LogP contribution in [0.15, 0.2) is 48.5 Å². The van der Waals surface area contributed by atoms with Crippen LogP contribution in [0.25, 0.3) is 0 Å². The summed E-state index contributed by atoms with van der Waals surface area (Å²) in [5.41, 5.74) is 2.10. The van der Waals surface area contributed by atoms with Gasteiger partial charge >= 0.3 is 0 Å². The molecule has 2 N–H and O–H groups in total. The van der Waals surface area contributed by atoms with Crippen molar-refractivity contribution in [3.8, 4) is 5.75 Å². The molecule has 2 atom stereocenters. The van der Waals surface area contributed by atoms with Gasteiger partial charge < -0.3 is 15.2 Å². The van der Waals surface area contributed by atoms with Gasteiger partial charge in [0.25, 0.3) is 0 Å². The average molecular weight is 317 g/mol. The molecule has 0 heterocycles. The summed E-state index contributed by atoms with van der Waals surface area (Å²) < 4.78 is 18.4. The molecule has 0 saturated heterocycles. The van der Waals surface area contributed by atoms with Crippen LogP contribution in [0, 0.1) is 5.82 Å². The lowest BCUT2D eigenvalue weighted by Gasteiger charge is -2.24. The second-order valence-electron chi connectivity index (χ2n) is 5.69. The minimum Gasteiger partial charge on any atom is -0.497 e. The standard InChI is InChI=1S/C19H24FNO2/c1-14(4-3-13-22)21-19(15-5-9-17(20)10-6-15)16-7-11-18(23-2)12-8-16/h5-12,14,19,21-22H,3-4,13H2,1-2H3. The molecule has 0 bridgehead atoms. The Morgan fingerprint density at radius 1 is 1.04 bits per heavy atom. The third-order valence-corrected chi connectivity index (χ3v) is 3.90. The molecule has 124 valence electrons. The molecule has 0 fully saturated rings. The molecule has 23 heavy (non-hydrogen) atoms. The van der Waals surface area contributed by atoms with Gasteiger partial charge in [0, 0.05) is 12.6 Å². The first-order valence-corrected chi connectivity index (χ1v) is 7.90. The molecule has 4 heteroatoms. The van der Waals surface area contributed by atoms with Crippen LogP contribution in [-0.2, 0) is 0 Å². The van der Waals surface area contributed by atoms with Gasteiger partial charge in [0.15, 0.2) is 0 Å². The summed E-state index contributed by atoms with van der Waals surface area (Å²) in [5, 5.41) is 12.6. The number of aliphatic hydroxyl groups is 1. The van der Waals surface area contributed by atoms with E-state index < -0.39 is 0 Å². The fourth-order valence-corrected chi connectivity index (χ4v) is 2.60. The third kappa shape index (κ3) is 5.05. The summed E-state index contributed by atoms with van der Waals surface area (Å²) in [5.74, 6) is 0.565. The van der Waals surface area contributed by atoms with E-state index >= 15 is 0 Å². The minimum atomic E-state index is -0.240. The summed E-state index contributed by atoms with van der Waals surface area (Å²) in [7, 11) is 1.64. The summed E-state index contributed by atoms with van der Waals surface area (Å²) in [6.07, 6.45) is 1.64. The van der Waals surface area contributed by atoms with E-state index in [4.69, 9.17) is 9.84 Å². The zero-order valence-corrected chi connectivity index (χ0v) is 13.6. The quantitative estimate of drug-likeness (QED) is 0.780. The predicted octanol–water partition coefficient (Wildman–Crippen LogP) is 3.67. The number of rotatable bonds is 8. The van der Waals surface area contributed by atoms with Gasteiger partial charge in [0.1, 0.15) is 11.6 Å². The Labute approximate surface area is 137 Å². The number of benzene rings is 2. The summed E-state index contributed by atoms with van der Waals surface area (Å²) in [6.45, 7) is 2.28. The smallest absolute Gasteiger partial charge is 0.123 e. The van der Waals surface area contributed by atoms with Gasteiger partial charge in [0.2, 0.25) is 0 Å². The first-order valence-electron chi connectivity index (χ1n) is 7.90. The zero-order valence-electron chi connectivity index (χ0n) is 13.6. The molecule has 2 aromatic rings. The van der Waals surface area contributed by atoms with Gasteiger partial charge in [-0.25, -0.2) is 4.39 Å². The van der Waals surface area contributed by atoms with Crippen molar-refractivity contribution >= 4 is 0 Å². The third-order valence-electron chi connectivity index (χ3n) is 3.90. The fourth-order valence-electron chi connectivity index (χ4n) is 2.60. The highest BCUT2D eigenvalue weighted by atomic mass is 19.1. The Morgan fingerprint density at radius 3 is 2.13 bits per heavy atom. The molecule has 0 saturated carbocycles. The Hall–Kier alpha value is -1.91. The molecule has 0 amide bonds. The molecule has 0 radical (unpaired) electrons. The van der Waals surface area contributed by atoms with E-state index in [1.807, 2.05) is 24.3 Å². The molecular weight excluding hydrogens is 293 g/mol. The topological polar surface area (TPSA) is 41.5 Å². The first-order chi connectivity index (χ1) is 11.1. The zero-order chi connectivity index (χ0) is 16.7. The van der Waals surface area contributed by atoms with Crippen LogP contribution in [0.1, 0.15) is 36.9 Å². The molecule has 0 aromatic heterocycles. The maximum absolute atomic E-state index is 13.2. The predicted molar refractivity (Wildman–Crippen MR) is 90.2 cm³/mol. The van der Waals surface area contributed by atoms with Crippen molar-refractivity contribution in [2.75, 3.05) is 13.7 Å². The Balaban J connectivity index is 2.24. The minimum absolute atomic E-state index is 0.0322. The lowest BCUT2D eigenvalue weighted by atomic mass is 9.97. The van der Waals surface area contributed by atoms with E-state index in [1.165, 1.54) is 12.1 Å². The number of hydrogen-bond donors (Lipinski definition) is 2. The van der Waals surface area contributed by atoms with Crippen molar-refractivity contribution in [1.29, 1.82) is 0 Å². The van der Waals surface area contributed by atoms with Crippen LogP contribution >= 0.6 is 0 Å². The van der Waals surface area contributed by atoms with E-state index in [0.29, 0.717) is 0 Å². The number of nitrogens with one attached hydrogen (secondary N) is 1. The molecule has 0 aliphatic heterocycles. The van der Waals surface area contributed by atoms with Crippen molar-refractivity contribution < 1.29 is 14.2 Å². The van der Waals surface area contributed by atoms with E-state index in [9.17, 15) is 4.39 Å². The van der Waals surface area contributed by atoms with E-state index in [-0.39, 0.29) is 24.5 Å². The van der Waals surface area contributed by atoms with Crippen molar-refractivity contribution in [3.05, 3.63) is 65.5 Å². The monoisotopic (exact) mass is 317 g/mol. The second kappa shape index (κ2) is 8.65. The number of ether oxygens (including phenoxy) is 1. The number of aliphatic hydroxyl groups excluding tert-OH is 1. The van der Waals surface area contributed by atoms with Crippen LogP contribution in [0.3, 0.4) is 0 Å².